The lowest BCUT2D eigenvalue weighted by Crippen LogP contribution is -2.36. The molecule has 0 saturated carbocycles. The van der Waals surface area contributed by atoms with Crippen molar-refractivity contribution in [1.82, 2.24) is 14.5 Å². The predicted molar refractivity (Wildman–Crippen MR) is 113 cm³/mol. The van der Waals surface area contributed by atoms with Crippen molar-refractivity contribution in [2.24, 2.45) is 4.99 Å². The fraction of sp³-hybridized carbons (Fsp3) is 0.400. The topological polar surface area (TPSA) is 84.6 Å². The fourth-order valence-corrected chi connectivity index (χ4v) is 4.69. The smallest absolute Gasteiger partial charge is 0.292 e. The third-order valence-electron chi connectivity index (χ3n) is 5.27. The molecule has 8 nitrogen and oxygen atoms in total. The number of morpholine rings is 1. The molecule has 0 atom stereocenters. The van der Waals surface area contributed by atoms with E-state index in [1.807, 2.05) is 18.4 Å². The van der Waals surface area contributed by atoms with E-state index in [4.69, 9.17) is 9.72 Å². The van der Waals surface area contributed by atoms with Crippen molar-refractivity contribution < 1.29 is 9.53 Å². The molecule has 3 aromatic rings. The summed E-state index contributed by atoms with van der Waals surface area (Å²) in [6, 6.07) is 6.30. The van der Waals surface area contributed by atoms with Crippen LogP contribution in [0.3, 0.4) is 0 Å². The van der Waals surface area contributed by atoms with Crippen LogP contribution in [0.25, 0.3) is 10.9 Å². The van der Waals surface area contributed by atoms with Crippen molar-refractivity contribution >= 4 is 39.7 Å². The molecule has 0 aliphatic carbocycles. The van der Waals surface area contributed by atoms with Crippen LogP contribution in [0.5, 0.6) is 0 Å². The van der Waals surface area contributed by atoms with Gasteiger partial charge in [0.05, 0.1) is 29.4 Å². The zero-order valence-corrected chi connectivity index (χ0v) is 17.3. The number of carbonyl (C=O) groups is 1. The molecule has 1 amide bonds. The van der Waals surface area contributed by atoms with Crippen molar-refractivity contribution in [3.63, 3.8) is 0 Å². The summed E-state index contributed by atoms with van der Waals surface area (Å²) in [6.45, 7) is 8.45. The number of hydrogen-bond acceptors (Lipinski definition) is 7. The highest BCUT2D eigenvalue weighted by atomic mass is 32.1. The molecule has 1 fully saturated rings. The van der Waals surface area contributed by atoms with E-state index in [0.29, 0.717) is 10.5 Å². The van der Waals surface area contributed by atoms with Crippen molar-refractivity contribution in [2.45, 2.75) is 20.4 Å². The highest BCUT2D eigenvalue weighted by Gasteiger charge is 2.19. The normalized spacial score (nSPS) is 16.9. The van der Waals surface area contributed by atoms with Crippen molar-refractivity contribution in [3.8, 4) is 0 Å². The van der Waals surface area contributed by atoms with Crippen molar-refractivity contribution in [3.05, 3.63) is 39.4 Å². The lowest BCUT2D eigenvalue weighted by molar-refractivity contribution is 0.0999. The minimum atomic E-state index is -0.286. The van der Waals surface area contributed by atoms with Gasteiger partial charge in [0.15, 0.2) is 0 Å². The van der Waals surface area contributed by atoms with Gasteiger partial charge in [-0.05, 0) is 32.0 Å². The van der Waals surface area contributed by atoms with E-state index in [1.54, 1.807) is 0 Å². The Morgan fingerprint density at radius 1 is 1.21 bits per heavy atom. The van der Waals surface area contributed by atoms with E-state index >= 15 is 0 Å². The lowest BCUT2D eigenvalue weighted by atomic mass is 10.2. The summed E-state index contributed by atoms with van der Waals surface area (Å²) >= 11 is 1.37. The number of nitrogens with zero attached hydrogens (tertiary/aromatic N) is 5. The third kappa shape index (κ3) is 3.30. The van der Waals surface area contributed by atoms with Gasteiger partial charge in [0, 0.05) is 37.3 Å². The number of carbonyl (C=O) groups excluding carboxylic acids is 1. The zero-order valence-electron chi connectivity index (χ0n) is 16.4. The van der Waals surface area contributed by atoms with E-state index in [0.717, 1.165) is 72.5 Å². The Bertz CT molecular complexity index is 1180. The van der Waals surface area contributed by atoms with Gasteiger partial charge in [0.1, 0.15) is 10.7 Å². The summed E-state index contributed by atoms with van der Waals surface area (Å²) in [4.78, 5) is 29.2. The van der Waals surface area contributed by atoms with Gasteiger partial charge in [0.2, 0.25) is 5.62 Å². The van der Waals surface area contributed by atoms with E-state index in [1.165, 1.54) is 11.3 Å². The van der Waals surface area contributed by atoms with Gasteiger partial charge < -0.3 is 15.0 Å². The maximum atomic E-state index is 12.8. The van der Waals surface area contributed by atoms with Gasteiger partial charge in [-0.15, -0.1) is 11.3 Å². The Balaban J connectivity index is 1.63. The molecule has 9 heteroatoms. The summed E-state index contributed by atoms with van der Waals surface area (Å²) in [5.74, 6) is 0.679. The highest BCUT2D eigenvalue weighted by molar-refractivity contribution is 7.13. The molecule has 2 aromatic heterocycles. The summed E-state index contributed by atoms with van der Waals surface area (Å²) < 4.78 is 7.44. The summed E-state index contributed by atoms with van der Waals surface area (Å²) in [6.07, 6.45) is 0. The van der Waals surface area contributed by atoms with Crippen LogP contribution in [0.2, 0.25) is 0 Å². The Hall–Kier alpha value is -2.78. The number of anilines is 2. The van der Waals surface area contributed by atoms with E-state index in [9.17, 15) is 4.79 Å². The largest absolute Gasteiger partial charge is 0.378 e. The Morgan fingerprint density at radius 3 is 2.79 bits per heavy atom. The first-order chi connectivity index (χ1) is 14.1. The molecular weight excluding hydrogens is 388 g/mol. The minimum absolute atomic E-state index is 0.286. The highest BCUT2D eigenvalue weighted by Crippen LogP contribution is 2.27. The van der Waals surface area contributed by atoms with Gasteiger partial charge in [-0.1, -0.05) is 0 Å². The molecule has 0 spiro atoms. The molecular formula is C20H22N6O2S. The number of fused-ring (bicyclic) bond motifs is 3. The number of nitrogens with one attached hydrogen (secondary N) is 1. The van der Waals surface area contributed by atoms with Crippen LogP contribution in [-0.4, -0.2) is 53.3 Å². The van der Waals surface area contributed by atoms with Crippen molar-refractivity contribution in [2.75, 3.05) is 43.1 Å². The number of aromatic nitrogens is 3. The van der Waals surface area contributed by atoms with Gasteiger partial charge >= 0.3 is 0 Å². The second-order valence-corrected chi connectivity index (χ2v) is 8.41. The third-order valence-corrected chi connectivity index (χ3v) is 6.33. The van der Waals surface area contributed by atoms with Gasteiger partial charge in [-0.2, -0.15) is 4.99 Å². The van der Waals surface area contributed by atoms with Gasteiger partial charge in [0.25, 0.3) is 5.91 Å². The zero-order chi connectivity index (χ0) is 20.0. The Labute approximate surface area is 171 Å². The van der Waals surface area contributed by atoms with Crippen LogP contribution in [0.4, 0.5) is 11.5 Å². The second kappa shape index (κ2) is 7.23. The van der Waals surface area contributed by atoms with Gasteiger partial charge in [-0.25, -0.2) is 9.97 Å². The predicted octanol–water partition coefficient (Wildman–Crippen LogP) is 2.11. The van der Waals surface area contributed by atoms with E-state index in [2.05, 4.69) is 38.4 Å². The summed E-state index contributed by atoms with van der Waals surface area (Å²) in [7, 11) is 0. The number of benzene rings is 1. The van der Waals surface area contributed by atoms with Crippen LogP contribution in [0.1, 0.15) is 20.4 Å². The van der Waals surface area contributed by atoms with E-state index in [-0.39, 0.29) is 5.91 Å². The molecule has 2 aliphatic heterocycles. The van der Waals surface area contributed by atoms with Gasteiger partial charge in [-0.3, -0.25) is 9.36 Å². The molecule has 1 N–H and O–H groups in total. The number of hydrogen-bond donors (Lipinski definition) is 1. The number of aryl methyl sites for hydroxylation is 2. The Morgan fingerprint density at radius 2 is 2.03 bits per heavy atom. The number of rotatable bonds is 2. The fourth-order valence-electron chi connectivity index (χ4n) is 3.89. The standard InChI is InChI=1S/C20H22N6O2S/c1-12-17(29-13(2)22-12)19(27)24-20-23-16-11-14(25-7-9-28-10-8-25)3-4-15(16)18-21-5-6-26(18)20/h3-4,11,21H,5-10H2,1-2H3. The molecule has 4 heterocycles. The molecule has 0 radical (unpaired) electrons. The maximum absolute atomic E-state index is 12.8. The number of ether oxygens (including phenoxy) is 1. The van der Waals surface area contributed by atoms with Crippen molar-refractivity contribution in [1.29, 1.82) is 0 Å². The first kappa shape index (κ1) is 18.3. The first-order valence-electron chi connectivity index (χ1n) is 9.74. The molecule has 5 rings (SSSR count). The summed E-state index contributed by atoms with van der Waals surface area (Å²) in [5, 5.41) is 5.32. The average Bonchev–Trinajstić information content (AvgIpc) is 3.35. The molecule has 0 bridgehead atoms. The van der Waals surface area contributed by atoms with Crippen LogP contribution in [0, 0.1) is 13.8 Å². The molecule has 0 unspecified atom stereocenters. The minimum Gasteiger partial charge on any atom is -0.378 e. The molecule has 1 saturated heterocycles. The first-order valence-corrected chi connectivity index (χ1v) is 10.6. The number of thiazole rings is 1. The molecule has 150 valence electrons. The molecule has 2 aliphatic rings. The van der Waals surface area contributed by atoms with Crippen LogP contribution in [0.15, 0.2) is 23.2 Å². The number of amides is 1. The average molecular weight is 411 g/mol. The maximum Gasteiger partial charge on any atom is 0.292 e. The van der Waals surface area contributed by atoms with Crippen LogP contribution >= 0.6 is 11.3 Å². The Kier molecular flexibility index (Phi) is 4.56. The van der Waals surface area contributed by atoms with Crippen LogP contribution < -0.4 is 15.8 Å². The van der Waals surface area contributed by atoms with E-state index < -0.39 is 0 Å². The summed E-state index contributed by atoms with van der Waals surface area (Å²) in [5.41, 5.74) is 3.10. The SMILES string of the molecule is Cc1nc(C)c(C(=O)N=c2nc3cc(N4CCOCC4)ccc3c3n2CCN3)s1. The van der Waals surface area contributed by atoms with Crippen LogP contribution in [-0.2, 0) is 11.3 Å². The second-order valence-electron chi connectivity index (χ2n) is 7.20. The quantitative estimate of drug-likeness (QED) is 0.697. The monoisotopic (exact) mass is 410 g/mol. The lowest BCUT2D eigenvalue weighted by Gasteiger charge is -2.29. The molecule has 29 heavy (non-hydrogen) atoms. The molecule has 1 aromatic carbocycles.